The van der Waals surface area contributed by atoms with Gasteiger partial charge < -0.3 is 11.1 Å². The van der Waals surface area contributed by atoms with Gasteiger partial charge in [-0.25, -0.2) is 0 Å². The average molecular weight is 274 g/mol. The van der Waals surface area contributed by atoms with Gasteiger partial charge in [-0.3, -0.25) is 4.79 Å². The molecule has 106 valence electrons. The van der Waals surface area contributed by atoms with Crippen LogP contribution < -0.4 is 11.1 Å². The average Bonchev–Trinajstić information content (AvgIpc) is 2.30. The van der Waals surface area contributed by atoms with Crippen molar-refractivity contribution in [1.29, 1.82) is 0 Å². The second kappa shape index (κ2) is 5.61. The molecule has 6 heteroatoms. The maximum atomic E-state index is 12.5. The van der Waals surface area contributed by atoms with Gasteiger partial charge in [0, 0.05) is 6.54 Å². The van der Waals surface area contributed by atoms with Crippen LogP contribution in [-0.2, 0) is 11.2 Å². The zero-order valence-corrected chi connectivity index (χ0v) is 10.8. The third-order valence-corrected chi connectivity index (χ3v) is 3.00. The summed E-state index contributed by atoms with van der Waals surface area (Å²) in [6.45, 7) is 2.68. The fourth-order valence-electron chi connectivity index (χ4n) is 1.51. The number of rotatable bonds is 4. The standard InChI is InChI=1S/C13H17F3N2O/c1-9-5-3-4-6-10(9)7-8-18-11(19)12(2,17)13(14,15)16/h3-6H,7-8,17H2,1-2H3,(H,18,19). The molecule has 0 aliphatic heterocycles. The number of nitrogens with one attached hydrogen (secondary N) is 1. The summed E-state index contributed by atoms with van der Waals surface area (Å²) in [5.41, 5.74) is 4.16. The minimum Gasteiger partial charge on any atom is -0.354 e. The molecule has 0 fully saturated rings. The number of hydrogen-bond donors (Lipinski definition) is 2. The topological polar surface area (TPSA) is 55.1 Å². The number of halogens is 3. The van der Waals surface area contributed by atoms with E-state index in [1.807, 2.05) is 31.2 Å². The van der Waals surface area contributed by atoms with Crippen molar-refractivity contribution in [3.05, 3.63) is 35.4 Å². The van der Waals surface area contributed by atoms with E-state index in [4.69, 9.17) is 5.73 Å². The maximum absolute atomic E-state index is 12.5. The number of amides is 1. The molecule has 0 saturated heterocycles. The zero-order valence-electron chi connectivity index (χ0n) is 10.8. The van der Waals surface area contributed by atoms with E-state index in [1.165, 1.54) is 0 Å². The molecule has 0 spiro atoms. The molecule has 0 bridgehead atoms. The van der Waals surface area contributed by atoms with Crippen LogP contribution in [0.25, 0.3) is 0 Å². The lowest BCUT2D eigenvalue weighted by atomic mass is 10.0. The fraction of sp³-hybridized carbons (Fsp3) is 0.462. The summed E-state index contributed by atoms with van der Waals surface area (Å²) in [7, 11) is 0. The molecule has 1 amide bonds. The van der Waals surface area contributed by atoms with E-state index < -0.39 is 17.6 Å². The highest BCUT2D eigenvalue weighted by molar-refractivity contribution is 5.86. The van der Waals surface area contributed by atoms with Crippen LogP contribution in [0.4, 0.5) is 13.2 Å². The molecule has 1 atom stereocenters. The lowest BCUT2D eigenvalue weighted by molar-refractivity contribution is -0.187. The van der Waals surface area contributed by atoms with Gasteiger partial charge in [-0.1, -0.05) is 24.3 Å². The number of alkyl halides is 3. The molecule has 0 heterocycles. The van der Waals surface area contributed by atoms with Gasteiger partial charge in [0.05, 0.1) is 0 Å². The Labute approximate surface area is 110 Å². The fourth-order valence-corrected chi connectivity index (χ4v) is 1.51. The molecule has 0 radical (unpaired) electrons. The van der Waals surface area contributed by atoms with Gasteiger partial charge >= 0.3 is 6.18 Å². The van der Waals surface area contributed by atoms with Crippen molar-refractivity contribution in [3.8, 4) is 0 Å². The van der Waals surface area contributed by atoms with Crippen molar-refractivity contribution in [2.45, 2.75) is 32.0 Å². The Morgan fingerprint density at radius 1 is 1.32 bits per heavy atom. The van der Waals surface area contributed by atoms with Crippen molar-refractivity contribution in [2.75, 3.05) is 6.54 Å². The number of carbonyl (C=O) groups is 1. The van der Waals surface area contributed by atoms with Gasteiger partial charge in [-0.2, -0.15) is 13.2 Å². The number of aryl methyl sites for hydroxylation is 1. The van der Waals surface area contributed by atoms with Crippen LogP contribution in [-0.4, -0.2) is 24.2 Å². The molecule has 0 aliphatic rings. The van der Waals surface area contributed by atoms with Gasteiger partial charge in [0.1, 0.15) is 0 Å². The van der Waals surface area contributed by atoms with Crippen molar-refractivity contribution in [2.24, 2.45) is 5.73 Å². The van der Waals surface area contributed by atoms with Crippen molar-refractivity contribution in [3.63, 3.8) is 0 Å². The molecule has 1 rings (SSSR count). The number of carbonyl (C=O) groups excluding carboxylic acids is 1. The highest BCUT2D eigenvalue weighted by Crippen LogP contribution is 2.27. The van der Waals surface area contributed by atoms with Crippen LogP contribution in [0.1, 0.15) is 18.1 Å². The van der Waals surface area contributed by atoms with Crippen LogP contribution in [0.5, 0.6) is 0 Å². The van der Waals surface area contributed by atoms with E-state index in [-0.39, 0.29) is 6.54 Å². The van der Waals surface area contributed by atoms with E-state index in [0.717, 1.165) is 11.1 Å². The van der Waals surface area contributed by atoms with E-state index in [2.05, 4.69) is 5.32 Å². The first kappa shape index (κ1) is 15.5. The van der Waals surface area contributed by atoms with Gasteiger partial charge in [0.2, 0.25) is 5.91 Å². The van der Waals surface area contributed by atoms with E-state index in [9.17, 15) is 18.0 Å². The van der Waals surface area contributed by atoms with Gasteiger partial charge in [-0.15, -0.1) is 0 Å². The largest absolute Gasteiger partial charge is 0.415 e. The highest BCUT2D eigenvalue weighted by atomic mass is 19.4. The summed E-state index contributed by atoms with van der Waals surface area (Å²) in [5.74, 6) is -1.21. The zero-order chi connectivity index (χ0) is 14.7. The highest BCUT2D eigenvalue weighted by Gasteiger charge is 2.53. The molecule has 3 nitrogen and oxygen atoms in total. The summed E-state index contributed by atoms with van der Waals surface area (Å²) >= 11 is 0. The molecular formula is C13H17F3N2O. The van der Waals surface area contributed by atoms with Crippen molar-refractivity contribution < 1.29 is 18.0 Å². The monoisotopic (exact) mass is 274 g/mol. The smallest absolute Gasteiger partial charge is 0.354 e. The number of hydrogen-bond acceptors (Lipinski definition) is 2. The van der Waals surface area contributed by atoms with Crippen LogP contribution >= 0.6 is 0 Å². The van der Waals surface area contributed by atoms with Gasteiger partial charge in [0.15, 0.2) is 5.54 Å². The second-order valence-corrected chi connectivity index (χ2v) is 4.63. The van der Waals surface area contributed by atoms with Crippen molar-refractivity contribution >= 4 is 5.91 Å². The van der Waals surface area contributed by atoms with E-state index in [1.54, 1.807) is 0 Å². The summed E-state index contributed by atoms with van der Waals surface area (Å²) in [6.07, 6.45) is -4.30. The Balaban J connectivity index is 2.55. The first-order chi connectivity index (χ1) is 8.66. The number of nitrogens with two attached hydrogens (primary N) is 1. The van der Waals surface area contributed by atoms with E-state index in [0.29, 0.717) is 13.3 Å². The lowest BCUT2D eigenvalue weighted by Gasteiger charge is -2.26. The Morgan fingerprint density at radius 2 is 1.89 bits per heavy atom. The molecule has 3 N–H and O–H groups in total. The lowest BCUT2D eigenvalue weighted by Crippen LogP contribution is -2.61. The summed E-state index contributed by atoms with van der Waals surface area (Å²) < 4.78 is 37.5. The van der Waals surface area contributed by atoms with Crippen LogP contribution in [0.3, 0.4) is 0 Å². The minimum atomic E-state index is -4.76. The van der Waals surface area contributed by atoms with Crippen LogP contribution in [0.2, 0.25) is 0 Å². The van der Waals surface area contributed by atoms with Gasteiger partial charge in [-0.05, 0) is 31.4 Å². The number of benzene rings is 1. The molecule has 19 heavy (non-hydrogen) atoms. The van der Waals surface area contributed by atoms with Crippen LogP contribution in [0, 0.1) is 6.92 Å². The molecule has 0 aliphatic carbocycles. The molecule has 0 saturated carbocycles. The third-order valence-electron chi connectivity index (χ3n) is 3.00. The summed E-state index contributed by atoms with van der Waals surface area (Å²) in [5, 5.41) is 2.22. The molecular weight excluding hydrogens is 257 g/mol. The first-order valence-corrected chi connectivity index (χ1v) is 5.84. The van der Waals surface area contributed by atoms with Crippen molar-refractivity contribution in [1.82, 2.24) is 5.32 Å². The maximum Gasteiger partial charge on any atom is 0.415 e. The molecule has 1 unspecified atom stereocenters. The molecule has 1 aromatic rings. The Morgan fingerprint density at radius 3 is 2.42 bits per heavy atom. The second-order valence-electron chi connectivity index (χ2n) is 4.63. The Bertz CT molecular complexity index is 455. The minimum absolute atomic E-state index is 0.118. The summed E-state index contributed by atoms with van der Waals surface area (Å²) in [4.78, 5) is 11.4. The first-order valence-electron chi connectivity index (χ1n) is 5.84. The SMILES string of the molecule is Cc1ccccc1CCNC(=O)C(C)(N)C(F)(F)F. The molecule has 1 aromatic carbocycles. The quantitative estimate of drug-likeness (QED) is 0.881. The van der Waals surface area contributed by atoms with Crippen LogP contribution in [0.15, 0.2) is 24.3 Å². The molecule has 0 aromatic heterocycles. The van der Waals surface area contributed by atoms with Gasteiger partial charge in [0.25, 0.3) is 0 Å². The normalized spacial score (nSPS) is 14.8. The summed E-state index contributed by atoms with van der Waals surface area (Å²) in [6, 6.07) is 7.48. The Kier molecular flexibility index (Phi) is 4.57. The Hall–Kier alpha value is -1.56. The predicted molar refractivity (Wildman–Crippen MR) is 66.5 cm³/mol. The van der Waals surface area contributed by atoms with E-state index >= 15 is 0 Å². The third kappa shape index (κ3) is 3.70. The predicted octanol–water partition coefficient (Wildman–Crippen LogP) is 1.93.